The van der Waals surface area contributed by atoms with E-state index in [1.807, 2.05) is 0 Å². The average molecular weight is 523 g/mol. The molecule has 0 amide bonds. The van der Waals surface area contributed by atoms with Gasteiger partial charge in [0.05, 0.1) is 0 Å². The van der Waals surface area contributed by atoms with Crippen molar-refractivity contribution >= 4 is 0 Å². The van der Waals surface area contributed by atoms with Gasteiger partial charge in [-0.3, -0.25) is 0 Å². The summed E-state index contributed by atoms with van der Waals surface area (Å²) in [4.78, 5) is 0. The normalized spacial score (nSPS) is 46.9. The van der Waals surface area contributed by atoms with Gasteiger partial charge in [-0.05, 0) is 160 Å². The second-order valence-electron chi connectivity index (χ2n) is 16.0. The SMILES string of the molecule is C=C(CCC(CC)CC)C1CCC2C1CCC1C3CCC(CC4CC(CC)C(C)C(C)C4C)CC3CCC12. The molecule has 0 saturated heterocycles. The standard InChI is InChI=1S/C38H66/c1-8-28(9-2)12-11-24(4)33-17-18-38-35(33)19-20-36-34-15-13-29(21-31(34)14-16-37(36)38)22-32-23-30(10-3)26(6)25(5)27(32)7/h25-38H,4,8-23H2,1-3,5-7H3. The summed E-state index contributed by atoms with van der Waals surface area (Å²) in [6, 6.07) is 0. The van der Waals surface area contributed by atoms with Gasteiger partial charge in [0.1, 0.15) is 0 Å². The summed E-state index contributed by atoms with van der Waals surface area (Å²) in [6.45, 7) is 19.7. The molecule has 0 aromatic carbocycles. The van der Waals surface area contributed by atoms with Crippen molar-refractivity contribution in [3.63, 3.8) is 0 Å². The highest BCUT2D eigenvalue weighted by Crippen LogP contribution is 2.61. The molecule has 0 radical (unpaired) electrons. The average Bonchev–Trinajstić information content (AvgIpc) is 3.38. The van der Waals surface area contributed by atoms with E-state index in [9.17, 15) is 0 Å². The zero-order valence-electron chi connectivity index (χ0n) is 26.6. The van der Waals surface area contributed by atoms with Crippen LogP contribution >= 0.6 is 0 Å². The lowest BCUT2D eigenvalue weighted by atomic mass is 9.51. The van der Waals surface area contributed by atoms with E-state index in [2.05, 4.69) is 41.5 Å². The number of hydrogen-bond donors (Lipinski definition) is 0. The highest BCUT2D eigenvalue weighted by molar-refractivity contribution is 5.11. The second-order valence-corrected chi connectivity index (χ2v) is 16.0. The van der Waals surface area contributed by atoms with E-state index in [1.54, 1.807) is 56.9 Å². The molecule has 5 fully saturated rings. The minimum Gasteiger partial charge on any atom is -0.0996 e. The van der Waals surface area contributed by atoms with Gasteiger partial charge in [-0.2, -0.15) is 0 Å². The topological polar surface area (TPSA) is 0 Å². The Bertz CT molecular complexity index is 758. The first-order valence-corrected chi connectivity index (χ1v) is 18.0. The number of allylic oxidation sites excluding steroid dienone is 1. The molecule has 0 nitrogen and oxygen atoms in total. The van der Waals surface area contributed by atoms with Crippen LogP contribution in [-0.4, -0.2) is 0 Å². The summed E-state index contributed by atoms with van der Waals surface area (Å²) in [7, 11) is 0. The van der Waals surface area contributed by atoms with Gasteiger partial charge in [-0.25, -0.2) is 0 Å². The molecular formula is C38H66. The van der Waals surface area contributed by atoms with E-state index < -0.39 is 0 Å². The molecule has 0 heteroatoms. The molecule has 0 bridgehead atoms. The van der Waals surface area contributed by atoms with Crippen molar-refractivity contribution in [3.8, 4) is 0 Å². The lowest BCUT2D eigenvalue weighted by Crippen LogP contribution is -2.45. The van der Waals surface area contributed by atoms with Crippen molar-refractivity contribution in [2.45, 2.75) is 144 Å². The number of hydrogen-bond acceptors (Lipinski definition) is 0. The van der Waals surface area contributed by atoms with Crippen molar-refractivity contribution in [1.82, 2.24) is 0 Å². The summed E-state index contributed by atoms with van der Waals surface area (Å²) >= 11 is 0. The third-order valence-electron chi connectivity index (χ3n) is 14.8. The minimum absolute atomic E-state index is 0.873. The number of rotatable bonds is 9. The van der Waals surface area contributed by atoms with Gasteiger partial charge in [0.25, 0.3) is 0 Å². The Morgan fingerprint density at radius 1 is 0.658 bits per heavy atom. The highest BCUT2D eigenvalue weighted by Gasteiger charge is 2.52. The van der Waals surface area contributed by atoms with E-state index in [1.165, 1.54) is 51.4 Å². The third kappa shape index (κ3) is 5.73. The molecule has 0 heterocycles. The van der Waals surface area contributed by atoms with Crippen molar-refractivity contribution in [2.24, 2.45) is 82.9 Å². The van der Waals surface area contributed by atoms with Gasteiger partial charge < -0.3 is 0 Å². The first-order valence-electron chi connectivity index (χ1n) is 18.0. The van der Waals surface area contributed by atoms with Gasteiger partial charge in [0.15, 0.2) is 0 Å². The lowest BCUT2D eigenvalue weighted by Gasteiger charge is -2.54. The maximum atomic E-state index is 4.72. The van der Waals surface area contributed by atoms with Crippen LogP contribution in [0.1, 0.15) is 144 Å². The van der Waals surface area contributed by atoms with Gasteiger partial charge in [0, 0.05) is 0 Å². The minimum atomic E-state index is 0.873. The van der Waals surface area contributed by atoms with Crippen LogP contribution in [0.5, 0.6) is 0 Å². The summed E-state index contributed by atoms with van der Waals surface area (Å²) in [6.07, 6.45) is 24.0. The molecule has 0 aromatic rings. The number of fused-ring (bicyclic) bond motifs is 5. The molecule has 13 atom stereocenters. The lowest BCUT2D eigenvalue weighted by molar-refractivity contribution is -0.0386. The van der Waals surface area contributed by atoms with E-state index in [0.29, 0.717) is 0 Å². The molecule has 0 N–H and O–H groups in total. The van der Waals surface area contributed by atoms with Crippen LogP contribution in [0.15, 0.2) is 12.2 Å². The van der Waals surface area contributed by atoms with Gasteiger partial charge in [-0.15, -0.1) is 0 Å². The highest BCUT2D eigenvalue weighted by atomic mass is 14.6. The van der Waals surface area contributed by atoms with Gasteiger partial charge in [-0.1, -0.05) is 79.4 Å². The Hall–Kier alpha value is -0.260. The molecule has 0 aliphatic heterocycles. The summed E-state index contributed by atoms with van der Waals surface area (Å²) < 4.78 is 0. The van der Waals surface area contributed by atoms with Crippen LogP contribution in [0.2, 0.25) is 0 Å². The van der Waals surface area contributed by atoms with Gasteiger partial charge >= 0.3 is 0 Å². The van der Waals surface area contributed by atoms with Crippen LogP contribution in [0.4, 0.5) is 0 Å². The van der Waals surface area contributed by atoms with Crippen molar-refractivity contribution in [3.05, 3.63) is 12.2 Å². The van der Waals surface area contributed by atoms with Crippen LogP contribution in [0.3, 0.4) is 0 Å². The molecule has 5 aliphatic carbocycles. The first-order chi connectivity index (χ1) is 18.4. The zero-order chi connectivity index (χ0) is 27.0. The molecule has 13 unspecified atom stereocenters. The molecule has 0 aromatic heterocycles. The Kier molecular flexibility index (Phi) is 9.79. The smallest absolute Gasteiger partial charge is 0.0175 e. The molecule has 5 aliphatic rings. The fraction of sp³-hybridized carbons (Fsp3) is 0.947. The van der Waals surface area contributed by atoms with Gasteiger partial charge in [0.2, 0.25) is 0 Å². The van der Waals surface area contributed by atoms with Crippen LogP contribution in [-0.2, 0) is 0 Å². The molecular weight excluding hydrogens is 456 g/mol. The van der Waals surface area contributed by atoms with E-state index in [4.69, 9.17) is 6.58 Å². The van der Waals surface area contributed by atoms with Crippen LogP contribution < -0.4 is 0 Å². The predicted octanol–water partition coefficient (Wildman–Crippen LogP) is 11.6. The molecule has 5 saturated carbocycles. The summed E-state index contributed by atoms with van der Waals surface area (Å²) in [5.74, 6) is 14.0. The maximum absolute atomic E-state index is 4.72. The fourth-order valence-electron chi connectivity index (χ4n) is 12.0. The maximum Gasteiger partial charge on any atom is -0.0175 e. The molecule has 218 valence electrons. The summed E-state index contributed by atoms with van der Waals surface area (Å²) in [5, 5.41) is 0. The fourth-order valence-corrected chi connectivity index (χ4v) is 12.0. The first kappa shape index (κ1) is 29.2. The molecule has 5 rings (SSSR count). The molecule has 0 spiro atoms. The Morgan fingerprint density at radius 2 is 1.26 bits per heavy atom. The Labute approximate surface area is 239 Å². The van der Waals surface area contributed by atoms with Crippen molar-refractivity contribution < 1.29 is 0 Å². The van der Waals surface area contributed by atoms with E-state index in [-0.39, 0.29) is 0 Å². The van der Waals surface area contributed by atoms with E-state index >= 15 is 0 Å². The zero-order valence-corrected chi connectivity index (χ0v) is 26.6. The van der Waals surface area contributed by atoms with Crippen LogP contribution in [0.25, 0.3) is 0 Å². The second kappa shape index (κ2) is 12.7. The van der Waals surface area contributed by atoms with Crippen molar-refractivity contribution in [2.75, 3.05) is 0 Å². The van der Waals surface area contributed by atoms with Crippen molar-refractivity contribution in [1.29, 1.82) is 0 Å². The molecule has 38 heavy (non-hydrogen) atoms. The predicted molar refractivity (Wildman–Crippen MR) is 166 cm³/mol. The largest absolute Gasteiger partial charge is 0.0996 e. The third-order valence-corrected chi connectivity index (χ3v) is 14.8. The Morgan fingerprint density at radius 3 is 2.00 bits per heavy atom. The quantitative estimate of drug-likeness (QED) is 0.264. The summed E-state index contributed by atoms with van der Waals surface area (Å²) in [5.41, 5.74) is 1.66. The van der Waals surface area contributed by atoms with Crippen LogP contribution in [0, 0.1) is 82.9 Å². The monoisotopic (exact) mass is 523 g/mol. The Balaban J connectivity index is 1.15. The van der Waals surface area contributed by atoms with E-state index in [0.717, 1.165) is 82.9 Å².